The minimum Gasteiger partial charge on any atom is -0.444 e. The fourth-order valence-corrected chi connectivity index (χ4v) is 4.10. The lowest BCUT2D eigenvalue weighted by atomic mass is 10.1. The lowest BCUT2D eigenvalue weighted by molar-refractivity contribution is -0.136. The summed E-state index contributed by atoms with van der Waals surface area (Å²) in [5.74, 6) is 0.0604. The van der Waals surface area contributed by atoms with Crippen molar-refractivity contribution in [2.24, 2.45) is 0 Å². The van der Waals surface area contributed by atoms with Crippen molar-refractivity contribution >= 4 is 23.3 Å². The summed E-state index contributed by atoms with van der Waals surface area (Å²) in [6, 6.07) is 1.73. The molecule has 1 atom stereocenters. The van der Waals surface area contributed by atoms with Crippen molar-refractivity contribution in [1.82, 2.24) is 9.80 Å². The third kappa shape index (κ3) is 3.52. The van der Waals surface area contributed by atoms with Gasteiger partial charge in [-0.15, -0.1) is 11.3 Å². The predicted octanol–water partition coefficient (Wildman–Crippen LogP) is 3.03. The molecule has 0 spiro atoms. The smallest absolute Gasteiger partial charge is 0.410 e. The standard InChI is InChI=1S/C17H24N2O3S/c1-17(2,3)22-16(21)19-8-4-5-13(19)15(20)18-9-6-14-12(11-18)7-10-23-14/h7,10,13H,4-6,8-9,11H2,1-3H3/t13-/m0/s1. The first kappa shape index (κ1) is 16.3. The Kier molecular flexibility index (Phi) is 4.36. The Hall–Kier alpha value is -1.56. The molecule has 0 aliphatic carbocycles. The number of amides is 2. The molecule has 23 heavy (non-hydrogen) atoms. The number of hydrogen-bond donors (Lipinski definition) is 0. The second kappa shape index (κ2) is 6.15. The molecular formula is C17H24N2O3S. The molecule has 1 aromatic rings. The first-order valence-electron chi connectivity index (χ1n) is 8.19. The molecule has 1 saturated heterocycles. The molecule has 0 saturated carbocycles. The third-order valence-electron chi connectivity index (χ3n) is 4.29. The highest BCUT2D eigenvalue weighted by atomic mass is 32.1. The molecule has 3 heterocycles. The third-order valence-corrected chi connectivity index (χ3v) is 5.31. The van der Waals surface area contributed by atoms with Gasteiger partial charge in [-0.2, -0.15) is 0 Å². The van der Waals surface area contributed by atoms with Gasteiger partial charge in [-0.3, -0.25) is 9.69 Å². The van der Waals surface area contributed by atoms with Gasteiger partial charge in [0, 0.05) is 24.5 Å². The average Bonchev–Trinajstić information content (AvgIpc) is 3.12. The van der Waals surface area contributed by atoms with Crippen LogP contribution >= 0.6 is 11.3 Å². The maximum Gasteiger partial charge on any atom is 0.410 e. The zero-order chi connectivity index (χ0) is 16.6. The van der Waals surface area contributed by atoms with Crippen molar-refractivity contribution < 1.29 is 14.3 Å². The molecule has 0 radical (unpaired) electrons. The van der Waals surface area contributed by atoms with Crippen LogP contribution in [0.2, 0.25) is 0 Å². The zero-order valence-corrected chi connectivity index (χ0v) is 14.8. The number of carbonyl (C=O) groups is 2. The first-order valence-corrected chi connectivity index (χ1v) is 9.07. The molecule has 6 heteroatoms. The van der Waals surface area contributed by atoms with Gasteiger partial charge in [-0.05, 0) is 57.0 Å². The van der Waals surface area contributed by atoms with Crippen molar-refractivity contribution in [3.63, 3.8) is 0 Å². The van der Waals surface area contributed by atoms with Gasteiger partial charge in [0.2, 0.25) is 5.91 Å². The summed E-state index contributed by atoms with van der Waals surface area (Å²) in [7, 11) is 0. The molecule has 1 fully saturated rings. The predicted molar refractivity (Wildman–Crippen MR) is 89.4 cm³/mol. The number of hydrogen-bond acceptors (Lipinski definition) is 4. The lowest BCUT2D eigenvalue weighted by Gasteiger charge is -2.33. The topological polar surface area (TPSA) is 49.9 Å². The van der Waals surface area contributed by atoms with Crippen molar-refractivity contribution in [1.29, 1.82) is 0 Å². The summed E-state index contributed by atoms with van der Waals surface area (Å²) < 4.78 is 5.45. The highest BCUT2D eigenvalue weighted by Gasteiger charge is 2.39. The molecule has 5 nitrogen and oxygen atoms in total. The maximum absolute atomic E-state index is 12.9. The number of carbonyl (C=O) groups excluding carboxylic acids is 2. The van der Waals surface area contributed by atoms with E-state index in [1.54, 1.807) is 16.2 Å². The van der Waals surface area contributed by atoms with Crippen LogP contribution in [-0.4, -0.2) is 46.5 Å². The molecule has 1 aromatic heterocycles. The maximum atomic E-state index is 12.9. The van der Waals surface area contributed by atoms with Crippen LogP contribution in [0.15, 0.2) is 11.4 Å². The van der Waals surface area contributed by atoms with Gasteiger partial charge in [0.15, 0.2) is 0 Å². The number of nitrogens with zero attached hydrogens (tertiary/aromatic N) is 2. The first-order chi connectivity index (χ1) is 10.8. The normalized spacial score (nSPS) is 21.3. The van der Waals surface area contributed by atoms with Crippen LogP contribution in [0.25, 0.3) is 0 Å². The Labute approximate surface area is 141 Å². The summed E-state index contributed by atoms with van der Waals surface area (Å²) >= 11 is 1.76. The minimum absolute atomic E-state index is 0.0604. The number of ether oxygens (including phenoxy) is 1. The summed E-state index contributed by atoms with van der Waals surface area (Å²) in [6.45, 7) is 7.55. The Morgan fingerprint density at radius 3 is 2.83 bits per heavy atom. The second-order valence-electron chi connectivity index (χ2n) is 7.21. The number of rotatable bonds is 1. The van der Waals surface area contributed by atoms with Crippen molar-refractivity contribution in [2.45, 2.75) is 58.2 Å². The Morgan fingerprint density at radius 2 is 2.09 bits per heavy atom. The fraction of sp³-hybridized carbons (Fsp3) is 0.647. The Bertz CT molecular complexity index is 605. The van der Waals surface area contributed by atoms with E-state index in [0.29, 0.717) is 13.1 Å². The van der Waals surface area contributed by atoms with Crippen LogP contribution in [0.1, 0.15) is 44.1 Å². The summed E-state index contributed by atoms with van der Waals surface area (Å²) in [5.41, 5.74) is 0.709. The molecule has 2 aliphatic heterocycles. The van der Waals surface area contributed by atoms with E-state index in [4.69, 9.17) is 4.74 Å². The van der Waals surface area contributed by atoms with Crippen LogP contribution in [0.4, 0.5) is 4.79 Å². The molecule has 3 rings (SSSR count). The molecular weight excluding hydrogens is 312 g/mol. The van der Waals surface area contributed by atoms with Crippen LogP contribution in [0, 0.1) is 0 Å². The molecule has 0 unspecified atom stereocenters. The van der Waals surface area contributed by atoms with Gasteiger partial charge in [0.25, 0.3) is 0 Å². The van der Waals surface area contributed by atoms with Crippen LogP contribution < -0.4 is 0 Å². The van der Waals surface area contributed by atoms with Crippen LogP contribution in [-0.2, 0) is 22.5 Å². The zero-order valence-electron chi connectivity index (χ0n) is 14.0. The summed E-state index contributed by atoms with van der Waals surface area (Å²) in [5, 5.41) is 2.08. The van der Waals surface area contributed by atoms with Crippen molar-refractivity contribution in [3.8, 4) is 0 Å². The van der Waals surface area contributed by atoms with E-state index >= 15 is 0 Å². The highest BCUT2D eigenvalue weighted by molar-refractivity contribution is 7.10. The van der Waals surface area contributed by atoms with Crippen LogP contribution in [0.3, 0.4) is 0 Å². The van der Waals surface area contributed by atoms with Gasteiger partial charge < -0.3 is 9.64 Å². The number of likely N-dealkylation sites (tertiary alicyclic amines) is 1. The quantitative estimate of drug-likeness (QED) is 0.792. The van der Waals surface area contributed by atoms with E-state index in [1.165, 1.54) is 10.4 Å². The Morgan fingerprint density at radius 1 is 1.30 bits per heavy atom. The minimum atomic E-state index is -0.538. The second-order valence-corrected chi connectivity index (χ2v) is 8.21. The van der Waals surface area contributed by atoms with Gasteiger partial charge in [-0.1, -0.05) is 0 Å². The molecule has 126 valence electrons. The van der Waals surface area contributed by atoms with E-state index in [9.17, 15) is 9.59 Å². The molecule has 0 bridgehead atoms. The monoisotopic (exact) mass is 336 g/mol. The van der Waals surface area contributed by atoms with Gasteiger partial charge in [-0.25, -0.2) is 4.79 Å². The SMILES string of the molecule is CC(C)(C)OC(=O)N1CCC[C@H]1C(=O)N1CCc2sccc2C1. The molecule has 2 aliphatic rings. The van der Waals surface area contributed by atoms with Gasteiger partial charge >= 0.3 is 6.09 Å². The van der Waals surface area contributed by atoms with E-state index in [2.05, 4.69) is 11.4 Å². The van der Waals surface area contributed by atoms with Crippen molar-refractivity contribution in [3.05, 3.63) is 21.9 Å². The summed E-state index contributed by atoms with van der Waals surface area (Å²) in [4.78, 5) is 30.1. The van der Waals surface area contributed by atoms with Gasteiger partial charge in [0.05, 0.1) is 0 Å². The highest BCUT2D eigenvalue weighted by Crippen LogP contribution is 2.27. The van der Waals surface area contributed by atoms with E-state index in [-0.39, 0.29) is 18.0 Å². The molecule has 0 N–H and O–H groups in total. The van der Waals surface area contributed by atoms with Gasteiger partial charge in [0.1, 0.15) is 11.6 Å². The number of fused-ring (bicyclic) bond motifs is 1. The van der Waals surface area contributed by atoms with Crippen LogP contribution in [0.5, 0.6) is 0 Å². The molecule has 0 aromatic carbocycles. The van der Waals surface area contributed by atoms with E-state index in [1.807, 2.05) is 25.7 Å². The molecule has 2 amide bonds. The number of thiophene rings is 1. The van der Waals surface area contributed by atoms with E-state index in [0.717, 1.165) is 25.8 Å². The van der Waals surface area contributed by atoms with E-state index < -0.39 is 5.60 Å². The lowest BCUT2D eigenvalue weighted by Crippen LogP contribution is -2.50. The van der Waals surface area contributed by atoms with Crippen molar-refractivity contribution in [2.75, 3.05) is 13.1 Å². The average molecular weight is 336 g/mol. The fourth-order valence-electron chi connectivity index (χ4n) is 3.21. The largest absolute Gasteiger partial charge is 0.444 e. The summed E-state index contributed by atoms with van der Waals surface area (Å²) in [6.07, 6.45) is 2.12. The Balaban J connectivity index is 1.68.